The van der Waals surface area contributed by atoms with Gasteiger partial charge in [0.15, 0.2) is 0 Å². The highest BCUT2D eigenvalue weighted by Gasteiger charge is 2.40. The number of amides is 3. The predicted molar refractivity (Wildman–Crippen MR) is 52.1 cm³/mol. The summed E-state index contributed by atoms with van der Waals surface area (Å²) in [6.07, 6.45) is 4.07. The van der Waals surface area contributed by atoms with Gasteiger partial charge in [0, 0.05) is 11.3 Å². The standard InChI is InChI=1S/C9H13ClN2O2/c10-6-4-2-1-3-5(6)7-8(13)12-9(14)11-7/h5-7H,1-4H2,(H2,11,12,13,14)/t5-,6-,7-/m1/s1. The normalized spacial score (nSPS) is 37.9. The van der Waals surface area contributed by atoms with Crippen LogP contribution >= 0.6 is 11.6 Å². The number of hydrogen-bond acceptors (Lipinski definition) is 2. The van der Waals surface area contributed by atoms with Crippen LogP contribution in [0.1, 0.15) is 25.7 Å². The maximum atomic E-state index is 11.4. The minimum Gasteiger partial charge on any atom is -0.326 e. The summed E-state index contributed by atoms with van der Waals surface area (Å²) in [7, 11) is 0. The van der Waals surface area contributed by atoms with E-state index in [1.165, 1.54) is 0 Å². The fourth-order valence-corrected chi connectivity index (χ4v) is 2.65. The minimum atomic E-state index is -0.412. The molecule has 1 aliphatic heterocycles. The first kappa shape index (κ1) is 9.77. The number of urea groups is 1. The van der Waals surface area contributed by atoms with E-state index >= 15 is 0 Å². The van der Waals surface area contributed by atoms with Gasteiger partial charge in [0.25, 0.3) is 5.91 Å². The summed E-state index contributed by atoms with van der Waals surface area (Å²) in [6, 6.07) is -0.806. The first-order valence-corrected chi connectivity index (χ1v) is 5.37. The molecular formula is C9H13ClN2O2. The summed E-state index contributed by atoms with van der Waals surface area (Å²) in [5, 5.41) is 4.87. The fraction of sp³-hybridized carbons (Fsp3) is 0.778. The maximum absolute atomic E-state index is 11.4. The van der Waals surface area contributed by atoms with E-state index in [2.05, 4.69) is 10.6 Å². The lowest BCUT2D eigenvalue weighted by molar-refractivity contribution is -0.121. The molecule has 3 atom stereocenters. The summed E-state index contributed by atoms with van der Waals surface area (Å²) in [5.74, 6) is -0.135. The zero-order valence-corrected chi connectivity index (χ0v) is 8.51. The molecule has 2 N–H and O–H groups in total. The van der Waals surface area contributed by atoms with E-state index in [-0.39, 0.29) is 17.2 Å². The Morgan fingerprint density at radius 3 is 2.50 bits per heavy atom. The smallest absolute Gasteiger partial charge is 0.322 e. The van der Waals surface area contributed by atoms with Gasteiger partial charge in [-0.15, -0.1) is 11.6 Å². The summed E-state index contributed by atoms with van der Waals surface area (Å²) in [5.41, 5.74) is 0. The summed E-state index contributed by atoms with van der Waals surface area (Å²) in [4.78, 5) is 22.3. The molecule has 14 heavy (non-hydrogen) atoms. The van der Waals surface area contributed by atoms with E-state index < -0.39 is 12.1 Å². The first-order chi connectivity index (χ1) is 6.68. The number of rotatable bonds is 1. The SMILES string of the molecule is O=C1NC(=O)[C@@H]([C@@H]2CCCC[C@H]2Cl)N1. The molecule has 0 aromatic carbocycles. The number of hydrogen-bond donors (Lipinski definition) is 2. The van der Waals surface area contributed by atoms with Crippen LogP contribution in [0.2, 0.25) is 0 Å². The van der Waals surface area contributed by atoms with Gasteiger partial charge in [-0.3, -0.25) is 10.1 Å². The third-order valence-electron chi connectivity index (χ3n) is 2.97. The van der Waals surface area contributed by atoms with Gasteiger partial charge < -0.3 is 5.32 Å². The Bertz CT molecular complexity index is 270. The van der Waals surface area contributed by atoms with Crippen LogP contribution in [0.25, 0.3) is 0 Å². The lowest BCUT2D eigenvalue weighted by atomic mass is 9.83. The van der Waals surface area contributed by atoms with E-state index in [0.29, 0.717) is 0 Å². The molecule has 5 heteroatoms. The number of halogens is 1. The zero-order valence-electron chi connectivity index (χ0n) is 7.75. The number of alkyl halides is 1. The second-order valence-corrected chi connectivity index (χ2v) is 4.47. The topological polar surface area (TPSA) is 58.2 Å². The molecule has 2 aliphatic rings. The van der Waals surface area contributed by atoms with Crippen molar-refractivity contribution in [3.05, 3.63) is 0 Å². The number of carbonyl (C=O) groups is 2. The molecule has 0 spiro atoms. The molecule has 0 bridgehead atoms. The van der Waals surface area contributed by atoms with Crippen LogP contribution in [0.4, 0.5) is 4.79 Å². The van der Waals surface area contributed by atoms with Crippen molar-refractivity contribution >= 4 is 23.5 Å². The Morgan fingerprint density at radius 2 is 1.93 bits per heavy atom. The van der Waals surface area contributed by atoms with Gasteiger partial charge in [-0.25, -0.2) is 4.79 Å². The van der Waals surface area contributed by atoms with E-state index in [0.717, 1.165) is 25.7 Å². The zero-order chi connectivity index (χ0) is 10.1. The molecule has 2 rings (SSSR count). The average molecular weight is 217 g/mol. The van der Waals surface area contributed by atoms with E-state index in [4.69, 9.17) is 11.6 Å². The Labute approximate surface area is 87.4 Å². The van der Waals surface area contributed by atoms with Gasteiger partial charge in [-0.2, -0.15) is 0 Å². The van der Waals surface area contributed by atoms with Crippen molar-refractivity contribution in [1.82, 2.24) is 10.6 Å². The first-order valence-electron chi connectivity index (χ1n) is 4.94. The van der Waals surface area contributed by atoms with Crippen LogP contribution in [-0.4, -0.2) is 23.4 Å². The van der Waals surface area contributed by atoms with Gasteiger partial charge in [0.1, 0.15) is 6.04 Å². The Kier molecular flexibility index (Phi) is 2.63. The highest BCUT2D eigenvalue weighted by atomic mass is 35.5. The van der Waals surface area contributed by atoms with Gasteiger partial charge in [-0.1, -0.05) is 12.8 Å². The molecule has 0 aromatic rings. The molecule has 0 aromatic heterocycles. The average Bonchev–Trinajstić information content (AvgIpc) is 2.46. The van der Waals surface area contributed by atoms with Gasteiger partial charge >= 0.3 is 6.03 Å². The van der Waals surface area contributed by atoms with E-state index in [1.54, 1.807) is 0 Å². The van der Waals surface area contributed by atoms with Gasteiger partial charge in [0.05, 0.1) is 0 Å². The second kappa shape index (κ2) is 3.77. The fourth-order valence-electron chi connectivity index (χ4n) is 2.22. The predicted octanol–water partition coefficient (Wildman–Crippen LogP) is 0.992. The Balaban J connectivity index is 2.06. The number of carbonyl (C=O) groups excluding carboxylic acids is 2. The molecule has 3 amide bonds. The molecule has 0 unspecified atom stereocenters. The summed E-state index contributed by atoms with van der Waals surface area (Å²) >= 11 is 6.14. The van der Waals surface area contributed by atoms with Crippen molar-refractivity contribution in [2.45, 2.75) is 37.1 Å². The van der Waals surface area contributed by atoms with Crippen LogP contribution in [0.15, 0.2) is 0 Å². The molecule has 2 fully saturated rings. The molecule has 1 heterocycles. The lowest BCUT2D eigenvalue weighted by Gasteiger charge is -2.29. The van der Waals surface area contributed by atoms with Gasteiger partial charge in [-0.05, 0) is 12.8 Å². The molecule has 78 valence electrons. The van der Waals surface area contributed by atoms with Crippen molar-refractivity contribution in [2.24, 2.45) is 5.92 Å². The van der Waals surface area contributed by atoms with E-state index in [1.807, 2.05) is 0 Å². The molecule has 1 saturated heterocycles. The second-order valence-electron chi connectivity index (χ2n) is 3.90. The quantitative estimate of drug-likeness (QED) is 0.507. The third-order valence-corrected chi connectivity index (χ3v) is 3.51. The monoisotopic (exact) mass is 216 g/mol. The van der Waals surface area contributed by atoms with Crippen molar-refractivity contribution < 1.29 is 9.59 Å². The van der Waals surface area contributed by atoms with Crippen molar-refractivity contribution in [1.29, 1.82) is 0 Å². The number of imide groups is 1. The lowest BCUT2D eigenvalue weighted by Crippen LogP contribution is -2.42. The third kappa shape index (κ3) is 1.71. The van der Waals surface area contributed by atoms with Crippen LogP contribution in [0, 0.1) is 5.92 Å². The maximum Gasteiger partial charge on any atom is 0.322 e. The summed E-state index contributed by atoms with van der Waals surface area (Å²) in [6.45, 7) is 0. The molecule has 1 saturated carbocycles. The van der Waals surface area contributed by atoms with E-state index in [9.17, 15) is 9.59 Å². The van der Waals surface area contributed by atoms with Crippen LogP contribution < -0.4 is 10.6 Å². The van der Waals surface area contributed by atoms with Crippen LogP contribution in [0.5, 0.6) is 0 Å². The summed E-state index contributed by atoms with van der Waals surface area (Å²) < 4.78 is 0. The largest absolute Gasteiger partial charge is 0.326 e. The Morgan fingerprint density at radius 1 is 1.21 bits per heavy atom. The van der Waals surface area contributed by atoms with Crippen molar-refractivity contribution in [3.8, 4) is 0 Å². The molecule has 0 radical (unpaired) electrons. The highest BCUT2D eigenvalue weighted by molar-refractivity contribution is 6.21. The van der Waals surface area contributed by atoms with Crippen molar-refractivity contribution in [3.63, 3.8) is 0 Å². The van der Waals surface area contributed by atoms with Crippen molar-refractivity contribution in [2.75, 3.05) is 0 Å². The highest BCUT2D eigenvalue weighted by Crippen LogP contribution is 2.31. The molecule has 1 aliphatic carbocycles. The minimum absolute atomic E-state index is 0.0119. The van der Waals surface area contributed by atoms with Gasteiger partial charge in [0.2, 0.25) is 0 Å². The van der Waals surface area contributed by atoms with Crippen LogP contribution in [-0.2, 0) is 4.79 Å². The molecule has 4 nitrogen and oxygen atoms in total. The van der Waals surface area contributed by atoms with Crippen LogP contribution in [0.3, 0.4) is 0 Å². The molecular weight excluding hydrogens is 204 g/mol. The Hall–Kier alpha value is -0.770. The number of nitrogens with one attached hydrogen (secondary N) is 2.